The fourth-order valence-electron chi connectivity index (χ4n) is 2.70. The highest BCUT2D eigenvalue weighted by Gasteiger charge is 2.88. The number of carbonyl (C=O) groups is 3. The highest BCUT2D eigenvalue weighted by molar-refractivity contribution is 6.12. The van der Waals surface area contributed by atoms with Crippen molar-refractivity contribution in [2.24, 2.45) is 17.3 Å². The van der Waals surface area contributed by atoms with Crippen LogP contribution in [-0.4, -0.2) is 43.0 Å². The van der Waals surface area contributed by atoms with Crippen LogP contribution in [0.25, 0.3) is 0 Å². The van der Waals surface area contributed by atoms with Crippen molar-refractivity contribution in [2.75, 3.05) is 13.2 Å². The van der Waals surface area contributed by atoms with Gasteiger partial charge in [-0.15, -0.1) is 0 Å². The number of rotatable bonds is 6. The van der Waals surface area contributed by atoms with Gasteiger partial charge in [0.2, 0.25) is 0 Å². The Balaban J connectivity index is 3.42. The summed E-state index contributed by atoms with van der Waals surface area (Å²) in [6, 6.07) is 0. The largest absolute Gasteiger partial charge is 0.466 e. The SMILES string of the molecule is CCOC(=O)[C@@H]1[C@@H](C(F)(F)C(F)(F)F)[C@@]1(C(C)=O)C(=O)OCC. The van der Waals surface area contributed by atoms with E-state index in [9.17, 15) is 36.3 Å². The summed E-state index contributed by atoms with van der Waals surface area (Å²) in [7, 11) is 0. The molecule has 10 heteroatoms. The third-order valence-electron chi connectivity index (χ3n) is 3.71. The molecule has 0 radical (unpaired) electrons. The van der Waals surface area contributed by atoms with Crippen molar-refractivity contribution in [3.05, 3.63) is 0 Å². The van der Waals surface area contributed by atoms with Gasteiger partial charge in [0.05, 0.1) is 25.0 Å². The molecule has 1 aliphatic carbocycles. The monoisotopic (exact) mass is 346 g/mol. The number of alkyl halides is 5. The molecule has 1 fully saturated rings. The van der Waals surface area contributed by atoms with Crippen LogP contribution in [-0.2, 0) is 23.9 Å². The van der Waals surface area contributed by atoms with E-state index in [1.54, 1.807) is 0 Å². The Kier molecular flexibility index (Phi) is 5.07. The Morgan fingerprint density at radius 1 is 1.00 bits per heavy atom. The van der Waals surface area contributed by atoms with Crippen molar-refractivity contribution in [3.8, 4) is 0 Å². The number of hydrogen-bond acceptors (Lipinski definition) is 5. The first-order valence-corrected chi connectivity index (χ1v) is 6.70. The fraction of sp³-hybridized carbons (Fsp3) is 0.769. The van der Waals surface area contributed by atoms with Gasteiger partial charge in [0.15, 0.2) is 0 Å². The lowest BCUT2D eigenvalue weighted by Gasteiger charge is -2.21. The number of hydrogen-bond donors (Lipinski definition) is 0. The van der Waals surface area contributed by atoms with Crippen molar-refractivity contribution in [2.45, 2.75) is 32.9 Å². The smallest absolute Gasteiger partial charge is 0.453 e. The number of esters is 2. The van der Waals surface area contributed by atoms with Gasteiger partial charge >= 0.3 is 24.0 Å². The second-order valence-corrected chi connectivity index (χ2v) is 4.97. The van der Waals surface area contributed by atoms with Gasteiger partial charge in [-0.2, -0.15) is 22.0 Å². The maximum atomic E-state index is 13.7. The second kappa shape index (κ2) is 6.04. The van der Waals surface area contributed by atoms with E-state index < -0.39 is 47.1 Å². The molecule has 132 valence electrons. The van der Waals surface area contributed by atoms with Gasteiger partial charge < -0.3 is 9.47 Å². The van der Waals surface area contributed by atoms with E-state index in [-0.39, 0.29) is 13.2 Å². The normalized spacial score (nSPS) is 27.3. The molecule has 0 aromatic carbocycles. The van der Waals surface area contributed by atoms with E-state index in [0.29, 0.717) is 6.92 Å². The number of ether oxygens (including phenoxy) is 2. The zero-order valence-electron chi connectivity index (χ0n) is 12.5. The highest BCUT2D eigenvalue weighted by Crippen LogP contribution is 2.69. The summed E-state index contributed by atoms with van der Waals surface area (Å²) >= 11 is 0. The van der Waals surface area contributed by atoms with Crippen LogP contribution >= 0.6 is 0 Å². The summed E-state index contributed by atoms with van der Waals surface area (Å²) < 4.78 is 74.3. The molecule has 3 atom stereocenters. The van der Waals surface area contributed by atoms with Crippen LogP contribution in [0.5, 0.6) is 0 Å². The van der Waals surface area contributed by atoms with Gasteiger partial charge in [-0.1, -0.05) is 0 Å². The number of carbonyl (C=O) groups excluding carboxylic acids is 3. The summed E-state index contributed by atoms with van der Waals surface area (Å²) in [4.78, 5) is 35.4. The lowest BCUT2D eigenvalue weighted by molar-refractivity contribution is -0.294. The minimum Gasteiger partial charge on any atom is -0.466 e. The molecule has 1 aliphatic rings. The van der Waals surface area contributed by atoms with Crippen LogP contribution in [0.1, 0.15) is 20.8 Å². The number of halogens is 5. The van der Waals surface area contributed by atoms with Crippen molar-refractivity contribution >= 4 is 17.7 Å². The molecule has 0 spiro atoms. The molecule has 1 saturated carbocycles. The van der Waals surface area contributed by atoms with Gasteiger partial charge in [0, 0.05) is 0 Å². The maximum absolute atomic E-state index is 13.7. The van der Waals surface area contributed by atoms with Crippen molar-refractivity contribution in [1.29, 1.82) is 0 Å². The molecule has 23 heavy (non-hydrogen) atoms. The van der Waals surface area contributed by atoms with Crippen LogP contribution in [0.2, 0.25) is 0 Å². The molecule has 0 heterocycles. The number of Topliss-reactive ketones (excluding diaryl/α,β-unsaturated/α-hetero) is 1. The lowest BCUT2D eigenvalue weighted by Crippen LogP contribution is -2.43. The predicted octanol–water partition coefficient (Wildman–Crippen LogP) is 2.13. The first-order chi connectivity index (χ1) is 10.4. The van der Waals surface area contributed by atoms with E-state index in [1.165, 1.54) is 13.8 Å². The minimum absolute atomic E-state index is 0.309. The molecule has 5 nitrogen and oxygen atoms in total. The quantitative estimate of drug-likeness (QED) is 0.419. The van der Waals surface area contributed by atoms with Crippen LogP contribution in [0, 0.1) is 17.3 Å². The molecule has 0 aromatic heterocycles. The minimum atomic E-state index is -6.04. The van der Waals surface area contributed by atoms with Crippen LogP contribution < -0.4 is 0 Å². The van der Waals surface area contributed by atoms with Crippen LogP contribution in [0.4, 0.5) is 22.0 Å². The van der Waals surface area contributed by atoms with E-state index in [0.717, 1.165) is 0 Å². The van der Waals surface area contributed by atoms with Crippen molar-refractivity contribution in [3.63, 3.8) is 0 Å². The highest BCUT2D eigenvalue weighted by atomic mass is 19.4. The predicted molar refractivity (Wildman–Crippen MR) is 64.4 cm³/mol. The molecule has 0 saturated heterocycles. The Morgan fingerprint density at radius 2 is 1.48 bits per heavy atom. The Bertz CT molecular complexity index is 515. The van der Waals surface area contributed by atoms with E-state index in [1.807, 2.05) is 0 Å². The maximum Gasteiger partial charge on any atom is 0.453 e. The molecular weight excluding hydrogens is 331 g/mol. The van der Waals surface area contributed by atoms with E-state index >= 15 is 0 Å². The third-order valence-corrected chi connectivity index (χ3v) is 3.71. The molecule has 0 aliphatic heterocycles. The summed E-state index contributed by atoms with van der Waals surface area (Å²) in [5, 5.41) is 0. The Morgan fingerprint density at radius 3 is 1.83 bits per heavy atom. The third kappa shape index (κ3) is 2.78. The summed E-state index contributed by atoms with van der Waals surface area (Å²) in [6.07, 6.45) is -6.04. The molecule has 0 unspecified atom stereocenters. The van der Waals surface area contributed by atoms with Gasteiger partial charge in [-0.3, -0.25) is 14.4 Å². The van der Waals surface area contributed by atoms with Gasteiger partial charge in [0.1, 0.15) is 11.2 Å². The lowest BCUT2D eigenvalue weighted by atomic mass is 9.94. The van der Waals surface area contributed by atoms with E-state index in [2.05, 4.69) is 9.47 Å². The van der Waals surface area contributed by atoms with E-state index in [4.69, 9.17) is 0 Å². The second-order valence-electron chi connectivity index (χ2n) is 4.97. The first kappa shape index (κ1) is 19.3. The summed E-state index contributed by atoms with van der Waals surface area (Å²) in [6.45, 7) is 2.58. The summed E-state index contributed by atoms with van der Waals surface area (Å²) in [5.74, 6) is -14.9. The van der Waals surface area contributed by atoms with Crippen LogP contribution in [0.15, 0.2) is 0 Å². The van der Waals surface area contributed by atoms with Crippen LogP contribution in [0.3, 0.4) is 0 Å². The molecule has 0 N–H and O–H groups in total. The molecular formula is C13H15F5O5. The average Bonchev–Trinajstić information content (AvgIpc) is 3.10. The zero-order chi connectivity index (χ0) is 18.2. The first-order valence-electron chi connectivity index (χ1n) is 6.70. The van der Waals surface area contributed by atoms with Crippen molar-refractivity contribution < 1.29 is 45.8 Å². The molecule has 0 aromatic rings. The molecule has 1 rings (SSSR count). The average molecular weight is 346 g/mol. The van der Waals surface area contributed by atoms with Gasteiger partial charge in [-0.25, -0.2) is 0 Å². The standard InChI is InChI=1S/C13H15F5O5/c1-4-22-9(20)7-8(12(14,15)13(16,17)18)11(7,6(3)19)10(21)23-5-2/h7-8H,4-5H2,1-3H3/t7-,8+,11-/m0/s1. The Labute approximate surface area is 128 Å². The summed E-state index contributed by atoms with van der Waals surface area (Å²) in [5.41, 5.74) is -2.89. The zero-order valence-corrected chi connectivity index (χ0v) is 12.5. The molecule has 0 amide bonds. The fourth-order valence-corrected chi connectivity index (χ4v) is 2.70. The topological polar surface area (TPSA) is 69.7 Å². The van der Waals surface area contributed by atoms with Crippen molar-refractivity contribution in [1.82, 2.24) is 0 Å². The molecule has 0 bridgehead atoms. The number of ketones is 1. The Hall–Kier alpha value is -1.74. The van der Waals surface area contributed by atoms with Gasteiger partial charge in [0.25, 0.3) is 0 Å². The van der Waals surface area contributed by atoms with Gasteiger partial charge in [-0.05, 0) is 20.8 Å².